The van der Waals surface area contributed by atoms with Crippen molar-refractivity contribution in [3.05, 3.63) is 83.4 Å². The topological polar surface area (TPSA) is 53.6 Å². The first kappa shape index (κ1) is 26.8. The Morgan fingerprint density at radius 2 is 1.61 bits per heavy atom. The minimum absolute atomic E-state index is 0.124. The van der Waals surface area contributed by atoms with Gasteiger partial charge in [-0.25, -0.2) is 0 Å². The largest absolute Gasteiger partial charge is 0.497 e. The fourth-order valence-electron chi connectivity index (χ4n) is 5.59. The second-order valence-corrected chi connectivity index (χ2v) is 11.7. The van der Waals surface area contributed by atoms with Gasteiger partial charge in [0.15, 0.2) is 0 Å². The van der Waals surface area contributed by atoms with E-state index < -0.39 is 0 Å². The first-order chi connectivity index (χ1) is 18.6. The van der Waals surface area contributed by atoms with Crippen LogP contribution in [-0.4, -0.2) is 44.1 Å². The SMILES string of the molecule is COc1ccc(Sc2ccc(CN3CCC(c4cc(NC(=O)C5CCNCC5)ccc4C)CC3)cc2)cc1. The van der Waals surface area contributed by atoms with Crippen molar-refractivity contribution in [2.45, 2.75) is 54.9 Å². The van der Waals surface area contributed by atoms with Crippen molar-refractivity contribution in [3.63, 3.8) is 0 Å². The quantitative estimate of drug-likeness (QED) is 0.350. The van der Waals surface area contributed by atoms with E-state index in [1.54, 1.807) is 18.9 Å². The molecule has 0 aliphatic carbocycles. The Labute approximate surface area is 231 Å². The number of hydrogen-bond donors (Lipinski definition) is 2. The molecule has 2 aliphatic heterocycles. The molecule has 2 heterocycles. The summed E-state index contributed by atoms with van der Waals surface area (Å²) in [5, 5.41) is 6.54. The summed E-state index contributed by atoms with van der Waals surface area (Å²) in [4.78, 5) is 17.8. The van der Waals surface area contributed by atoms with E-state index in [0.29, 0.717) is 5.92 Å². The number of rotatable bonds is 8. The molecule has 1 amide bonds. The molecule has 6 heteroatoms. The summed E-state index contributed by atoms with van der Waals surface area (Å²) >= 11 is 1.78. The fraction of sp³-hybridized carbons (Fsp3) is 0.406. The van der Waals surface area contributed by atoms with Crippen molar-refractivity contribution < 1.29 is 9.53 Å². The van der Waals surface area contributed by atoms with Crippen LogP contribution in [-0.2, 0) is 11.3 Å². The van der Waals surface area contributed by atoms with E-state index in [4.69, 9.17) is 4.74 Å². The lowest BCUT2D eigenvalue weighted by molar-refractivity contribution is -0.120. The van der Waals surface area contributed by atoms with E-state index in [-0.39, 0.29) is 11.8 Å². The van der Waals surface area contributed by atoms with Crippen LogP contribution in [0.5, 0.6) is 5.75 Å². The molecule has 2 fully saturated rings. The smallest absolute Gasteiger partial charge is 0.227 e. The highest BCUT2D eigenvalue weighted by Gasteiger charge is 2.24. The van der Waals surface area contributed by atoms with Crippen molar-refractivity contribution in [2.24, 2.45) is 5.92 Å². The minimum Gasteiger partial charge on any atom is -0.497 e. The standard InChI is InChI=1S/C32H39N3O2S/c1-23-3-6-27(34-32(36)26-13-17-33-18-14-26)21-31(23)25-15-19-35(20-16-25)22-24-4-9-29(10-5-24)38-30-11-7-28(37-2)8-12-30/h3-12,21,25-26,33H,13-20,22H2,1-2H3,(H,34,36). The van der Waals surface area contributed by atoms with Gasteiger partial charge in [-0.15, -0.1) is 0 Å². The molecule has 2 N–H and O–H groups in total. The number of likely N-dealkylation sites (tertiary alicyclic amines) is 1. The van der Waals surface area contributed by atoms with Crippen LogP contribution in [0.4, 0.5) is 5.69 Å². The summed E-state index contributed by atoms with van der Waals surface area (Å²) in [6.07, 6.45) is 4.15. The van der Waals surface area contributed by atoms with Crippen LogP contribution in [0.15, 0.2) is 76.5 Å². The van der Waals surface area contributed by atoms with Gasteiger partial charge >= 0.3 is 0 Å². The van der Waals surface area contributed by atoms with E-state index >= 15 is 0 Å². The lowest BCUT2D eigenvalue weighted by Gasteiger charge is -2.33. The third kappa shape index (κ3) is 6.99. The Balaban J connectivity index is 1.12. The number of nitrogens with zero attached hydrogens (tertiary/aromatic N) is 1. The summed E-state index contributed by atoms with van der Waals surface area (Å²) in [5.41, 5.74) is 5.03. The third-order valence-electron chi connectivity index (χ3n) is 7.91. The number of carbonyl (C=O) groups excluding carboxylic acids is 1. The molecule has 3 aromatic carbocycles. The Kier molecular flexibility index (Phi) is 9.05. The number of amides is 1. The average molecular weight is 530 g/mol. The van der Waals surface area contributed by atoms with Crippen molar-refractivity contribution in [3.8, 4) is 5.75 Å². The molecule has 0 saturated carbocycles. The number of benzene rings is 3. The second-order valence-electron chi connectivity index (χ2n) is 10.6. The number of carbonyl (C=O) groups is 1. The van der Waals surface area contributed by atoms with Crippen LogP contribution in [0.25, 0.3) is 0 Å². The van der Waals surface area contributed by atoms with Crippen molar-refractivity contribution in [1.29, 1.82) is 0 Å². The molecule has 2 saturated heterocycles. The molecule has 200 valence electrons. The molecular formula is C32H39N3O2S. The lowest BCUT2D eigenvalue weighted by Crippen LogP contribution is -2.34. The molecule has 2 aliphatic rings. The van der Waals surface area contributed by atoms with E-state index in [1.807, 2.05) is 12.1 Å². The van der Waals surface area contributed by atoms with E-state index in [2.05, 4.69) is 77.1 Å². The molecular weight excluding hydrogens is 490 g/mol. The maximum absolute atomic E-state index is 12.7. The van der Waals surface area contributed by atoms with Crippen molar-refractivity contribution in [2.75, 3.05) is 38.6 Å². The average Bonchev–Trinajstić information content (AvgIpc) is 2.96. The monoisotopic (exact) mass is 529 g/mol. The highest BCUT2D eigenvalue weighted by Crippen LogP contribution is 2.33. The molecule has 0 bridgehead atoms. The molecule has 0 radical (unpaired) electrons. The van der Waals surface area contributed by atoms with Gasteiger partial charge in [0.05, 0.1) is 7.11 Å². The number of aryl methyl sites for hydroxylation is 1. The van der Waals surface area contributed by atoms with Crippen LogP contribution in [0, 0.1) is 12.8 Å². The number of nitrogens with one attached hydrogen (secondary N) is 2. The zero-order valence-corrected chi connectivity index (χ0v) is 23.4. The highest BCUT2D eigenvalue weighted by atomic mass is 32.2. The zero-order chi connectivity index (χ0) is 26.3. The summed E-state index contributed by atoms with van der Waals surface area (Å²) in [7, 11) is 1.69. The number of anilines is 1. The van der Waals surface area contributed by atoms with Crippen LogP contribution >= 0.6 is 11.8 Å². The molecule has 3 aromatic rings. The van der Waals surface area contributed by atoms with Gasteiger partial charge in [0, 0.05) is 27.9 Å². The molecule has 0 atom stereocenters. The second kappa shape index (κ2) is 12.8. The van der Waals surface area contributed by atoms with Gasteiger partial charge in [-0.3, -0.25) is 9.69 Å². The van der Waals surface area contributed by atoms with Gasteiger partial charge in [-0.2, -0.15) is 0 Å². The summed E-state index contributed by atoms with van der Waals surface area (Å²) in [6.45, 7) is 7.25. The maximum Gasteiger partial charge on any atom is 0.227 e. The summed E-state index contributed by atoms with van der Waals surface area (Å²) < 4.78 is 5.25. The van der Waals surface area contributed by atoms with E-state index in [1.165, 1.54) is 26.5 Å². The number of ether oxygens (including phenoxy) is 1. The van der Waals surface area contributed by atoms with E-state index in [9.17, 15) is 4.79 Å². The summed E-state index contributed by atoms with van der Waals surface area (Å²) in [6, 6.07) is 23.6. The Hall–Kier alpha value is -2.80. The van der Waals surface area contributed by atoms with Crippen molar-refractivity contribution >= 4 is 23.4 Å². The van der Waals surface area contributed by atoms with E-state index in [0.717, 1.165) is 69.8 Å². The van der Waals surface area contributed by atoms with Crippen LogP contribution in [0.1, 0.15) is 48.3 Å². The van der Waals surface area contributed by atoms with Gasteiger partial charge in [-0.05, 0) is 130 Å². The zero-order valence-electron chi connectivity index (χ0n) is 22.5. The fourth-order valence-corrected chi connectivity index (χ4v) is 6.41. The normalized spacial score (nSPS) is 17.3. The highest BCUT2D eigenvalue weighted by molar-refractivity contribution is 7.99. The van der Waals surface area contributed by atoms with Gasteiger partial charge < -0.3 is 15.4 Å². The van der Waals surface area contributed by atoms with Gasteiger partial charge in [0.1, 0.15) is 5.75 Å². The number of methoxy groups -OCH3 is 1. The predicted octanol–water partition coefficient (Wildman–Crippen LogP) is 6.47. The minimum atomic E-state index is 0.124. The lowest BCUT2D eigenvalue weighted by atomic mass is 9.86. The molecule has 5 rings (SSSR count). The van der Waals surface area contributed by atoms with Gasteiger partial charge in [-0.1, -0.05) is 30.0 Å². The predicted molar refractivity (Wildman–Crippen MR) is 156 cm³/mol. The Morgan fingerprint density at radius 1 is 0.947 bits per heavy atom. The van der Waals surface area contributed by atoms with Gasteiger partial charge in [0.25, 0.3) is 0 Å². The number of hydrogen-bond acceptors (Lipinski definition) is 5. The van der Waals surface area contributed by atoms with Crippen LogP contribution in [0.3, 0.4) is 0 Å². The molecule has 0 aromatic heterocycles. The molecule has 38 heavy (non-hydrogen) atoms. The first-order valence-corrected chi connectivity index (χ1v) is 14.6. The van der Waals surface area contributed by atoms with Crippen LogP contribution < -0.4 is 15.4 Å². The molecule has 0 spiro atoms. The van der Waals surface area contributed by atoms with Gasteiger partial charge in [0.2, 0.25) is 5.91 Å². The Bertz CT molecular complexity index is 1200. The van der Waals surface area contributed by atoms with Crippen LogP contribution in [0.2, 0.25) is 0 Å². The maximum atomic E-state index is 12.7. The molecule has 0 unspecified atom stereocenters. The summed E-state index contributed by atoms with van der Waals surface area (Å²) in [5.74, 6) is 1.73. The number of piperidine rings is 2. The third-order valence-corrected chi connectivity index (χ3v) is 8.92. The Morgan fingerprint density at radius 3 is 2.26 bits per heavy atom. The van der Waals surface area contributed by atoms with Crippen molar-refractivity contribution in [1.82, 2.24) is 10.2 Å². The first-order valence-electron chi connectivity index (χ1n) is 13.8. The molecule has 5 nitrogen and oxygen atoms in total.